The predicted octanol–water partition coefficient (Wildman–Crippen LogP) is -1.20. The maximum atomic E-state index is 11.3. The Morgan fingerprint density at radius 2 is 2.27 bits per heavy atom. The summed E-state index contributed by atoms with van der Waals surface area (Å²) in [6.07, 6.45) is 2.90. The minimum absolute atomic E-state index is 0.0632. The molecule has 1 rings (SSSR count). The van der Waals surface area contributed by atoms with Crippen molar-refractivity contribution >= 4 is 18.2 Å². The van der Waals surface area contributed by atoms with Gasteiger partial charge >= 0.3 is 5.97 Å². The van der Waals surface area contributed by atoms with Crippen molar-refractivity contribution in [1.29, 1.82) is 0 Å². The van der Waals surface area contributed by atoms with Crippen LogP contribution in [0, 0.1) is 0 Å². The number of dihydropyridines is 1. The molecule has 1 atom stereocenters. The number of rotatable bonds is 3. The third kappa shape index (κ3) is 2.22. The van der Waals surface area contributed by atoms with Crippen LogP contribution in [0.25, 0.3) is 0 Å². The van der Waals surface area contributed by atoms with Crippen LogP contribution in [0.1, 0.15) is 0 Å². The molecule has 3 N–H and O–H groups in total. The van der Waals surface area contributed by atoms with E-state index in [4.69, 9.17) is 5.11 Å². The van der Waals surface area contributed by atoms with Gasteiger partial charge in [-0.05, 0) is 6.08 Å². The average molecular weight is 210 g/mol. The quantitative estimate of drug-likeness (QED) is 0.508. The Hall–Kier alpha value is -2.11. The van der Waals surface area contributed by atoms with Gasteiger partial charge in [0.1, 0.15) is 12.3 Å². The summed E-state index contributed by atoms with van der Waals surface area (Å²) < 4.78 is 0. The molecule has 0 fully saturated rings. The van der Waals surface area contributed by atoms with E-state index in [2.05, 4.69) is 10.6 Å². The minimum Gasteiger partial charge on any atom is -0.478 e. The van der Waals surface area contributed by atoms with Gasteiger partial charge in [0.05, 0.1) is 5.57 Å². The maximum Gasteiger partial charge on any atom is 0.337 e. The predicted molar refractivity (Wildman–Crippen MR) is 50.9 cm³/mol. The Morgan fingerprint density at radius 3 is 2.73 bits per heavy atom. The number of carboxylic acids is 1. The van der Waals surface area contributed by atoms with Gasteiger partial charge in [-0.25, -0.2) is 4.79 Å². The molecule has 0 aromatic rings. The number of nitrogens with one attached hydrogen (secondary N) is 2. The Kier molecular flexibility index (Phi) is 3.22. The van der Waals surface area contributed by atoms with Crippen LogP contribution in [0.15, 0.2) is 23.4 Å². The highest BCUT2D eigenvalue weighted by atomic mass is 16.4. The lowest BCUT2D eigenvalue weighted by molar-refractivity contribution is -0.132. The van der Waals surface area contributed by atoms with Crippen molar-refractivity contribution < 1.29 is 19.5 Å². The number of hydrogen-bond acceptors (Lipinski definition) is 4. The molecule has 0 saturated heterocycles. The highest BCUT2D eigenvalue weighted by Crippen LogP contribution is 2.11. The van der Waals surface area contributed by atoms with Crippen LogP contribution in [0.4, 0.5) is 0 Å². The van der Waals surface area contributed by atoms with Crippen molar-refractivity contribution in [3.63, 3.8) is 0 Å². The fraction of sp³-hybridized carbons (Fsp3) is 0.222. The highest BCUT2D eigenvalue weighted by Gasteiger charge is 2.24. The molecule has 0 saturated carbocycles. The Bertz CT molecular complexity index is 370. The third-order valence-electron chi connectivity index (χ3n) is 1.94. The number of aliphatic carboxylic acids is 1. The molecular weight excluding hydrogens is 200 g/mol. The molecule has 0 radical (unpaired) electrons. The molecule has 15 heavy (non-hydrogen) atoms. The second kappa shape index (κ2) is 4.41. The molecular formula is C9H10N2O4. The van der Waals surface area contributed by atoms with Gasteiger partial charge in [-0.15, -0.1) is 0 Å². The molecule has 1 unspecified atom stereocenters. The van der Waals surface area contributed by atoms with Crippen LogP contribution in [0.3, 0.4) is 0 Å². The van der Waals surface area contributed by atoms with Gasteiger partial charge in [-0.1, -0.05) is 0 Å². The summed E-state index contributed by atoms with van der Waals surface area (Å²) in [5.74, 6) is -1.64. The first-order valence-electron chi connectivity index (χ1n) is 4.18. The molecule has 6 heteroatoms. The molecule has 0 aliphatic carbocycles. The van der Waals surface area contributed by atoms with Gasteiger partial charge in [0.25, 0.3) is 0 Å². The zero-order valence-corrected chi connectivity index (χ0v) is 7.98. The van der Waals surface area contributed by atoms with Gasteiger partial charge in [-0.3, -0.25) is 4.79 Å². The van der Waals surface area contributed by atoms with E-state index in [1.54, 1.807) is 0 Å². The monoisotopic (exact) mass is 210 g/mol. The maximum absolute atomic E-state index is 11.3. The van der Waals surface area contributed by atoms with Crippen LogP contribution in [0.5, 0.6) is 0 Å². The topological polar surface area (TPSA) is 95.5 Å². The van der Waals surface area contributed by atoms with Crippen molar-refractivity contribution in [3.05, 3.63) is 23.4 Å². The molecule has 0 bridgehead atoms. The smallest absolute Gasteiger partial charge is 0.337 e. The average Bonchev–Trinajstić information content (AvgIpc) is 2.27. The van der Waals surface area contributed by atoms with Gasteiger partial charge in [0.2, 0.25) is 5.91 Å². The van der Waals surface area contributed by atoms with Crippen LogP contribution >= 0.6 is 0 Å². The first-order chi connectivity index (χ1) is 7.10. The van der Waals surface area contributed by atoms with Gasteiger partial charge in [-0.2, -0.15) is 0 Å². The first kappa shape index (κ1) is 11.0. The van der Waals surface area contributed by atoms with E-state index in [-0.39, 0.29) is 11.1 Å². The van der Waals surface area contributed by atoms with E-state index in [9.17, 15) is 14.4 Å². The number of carbonyl (C=O) groups excluding carboxylic acids is 2. The molecule has 1 aliphatic rings. The Morgan fingerprint density at radius 1 is 1.60 bits per heavy atom. The fourth-order valence-corrected chi connectivity index (χ4v) is 1.16. The normalized spacial score (nSPS) is 19.4. The summed E-state index contributed by atoms with van der Waals surface area (Å²) >= 11 is 0. The van der Waals surface area contributed by atoms with Crippen LogP contribution < -0.4 is 10.6 Å². The summed E-state index contributed by atoms with van der Waals surface area (Å²) in [7, 11) is 1.41. The number of carboxylic acid groups (broad SMARTS) is 1. The molecule has 1 heterocycles. The van der Waals surface area contributed by atoms with E-state index in [0.717, 1.165) is 0 Å². The minimum atomic E-state index is -1.16. The SMILES string of the molecule is CNC(=O)C1=CC(C(=O)O)=CNC1C=O. The second-order valence-corrected chi connectivity index (χ2v) is 2.86. The number of aldehydes is 1. The molecule has 0 aromatic carbocycles. The highest BCUT2D eigenvalue weighted by molar-refractivity contribution is 6.02. The van der Waals surface area contributed by atoms with Crippen molar-refractivity contribution in [2.75, 3.05) is 7.05 Å². The van der Waals surface area contributed by atoms with E-state index in [1.165, 1.54) is 19.3 Å². The zero-order valence-electron chi connectivity index (χ0n) is 7.98. The lowest BCUT2D eigenvalue weighted by atomic mass is 10.0. The molecule has 0 aromatic heterocycles. The summed E-state index contributed by atoms with van der Waals surface area (Å²) in [5, 5.41) is 13.6. The van der Waals surface area contributed by atoms with Crippen molar-refractivity contribution in [2.45, 2.75) is 6.04 Å². The molecule has 0 spiro atoms. The standard InChI is InChI=1S/C9H10N2O4/c1-10-8(13)6-2-5(9(14)15)3-11-7(6)4-12/h2-4,7,11H,1H3,(H,10,13)(H,14,15). The van der Waals surface area contributed by atoms with E-state index >= 15 is 0 Å². The lowest BCUT2D eigenvalue weighted by Gasteiger charge is -2.18. The van der Waals surface area contributed by atoms with Crippen LogP contribution in [0.2, 0.25) is 0 Å². The van der Waals surface area contributed by atoms with Crippen LogP contribution in [-0.4, -0.2) is 36.4 Å². The molecule has 80 valence electrons. The van der Waals surface area contributed by atoms with E-state index in [1.807, 2.05) is 0 Å². The molecule has 1 amide bonds. The molecule has 6 nitrogen and oxygen atoms in total. The first-order valence-corrected chi connectivity index (χ1v) is 4.18. The second-order valence-electron chi connectivity index (χ2n) is 2.86. The fourth-order valence-electron chi connectivity index (χ4n) is 1.16. The van der Waals surface area contributed by atoms with Crippen molar-refractivity contribution in [2.24, 2.45) is 0 Å². The van der Waals surface area contributed by atoms with E-state index in [0.29, 0.717) is 6.29 Å². The van der Waals surface area contributed by atoms with Gasteiger partial charge < -0.3 is 20.5 Å². The summed E-state index contributed by atoms with van der Waals surface area (Å²) in [4.78, 5) is 32.5. The summed E-state index contributed by atoms with van der Waals surface area (Å²) in [6.45, 7) is 0. The van der Waals surface area contributed by atoms with Crippen LogP contribution in [-0.2, 0) is 14.4 Å². The number of likely N-dealkylation sites (N-methyl/N-ethyl adjacent to an activating group) is 1. The zero-order chi connectivity index (χ0) is 11.4. The Balaban J connectivity index is 3.03. The largest absolute Gasteiger partial charge is 0.478 e. The van der Waals surface area contributed by atoms with Gasteiger partial charge in [0, 0.05) is 18.8 Å². The Labute approximate surface area is 85.7 Å². The lowest BCUT2D eigenvalue weighted by Crippen LogP contribution is -2.38. The summed E-state index contributed by atoms with van der Waals surface area (Å²) in [5.41, 5.74) is 0.0269. The molecule has 1 aliphatic heterocycles. The number of carbonyl (C=O) groups is 3. The van der Waals surface area contributed by atoms with Crippen molar-refractivity contribution in [1.82, 2.24) is 10.6 Å². The number of amides is 1. The van der Waals surface area contributed by atoms with Gasteiger partial charge in [0.15, 0.2) is 0 Å². The van der Waals surface area contributed by atoms with E-state index < -0.39 is 17.9 Å². The number of hydrogen-bond donors (Lipinski definition) is 3. The summed E-state index contributed by atoms with van der Waals surface area (Å²) in [6, 6.07) is -0.798. The third-order valence-corrected chi connectivity index (χ3v) is 1.94. The van der Waals surface area contributed by atoms with Crippen molar-refractivity contribution in [3.8, 4) is 0 Å².